The standard InChI is InChI=1S/C9H16N4/c1-2-13-8(7-11-12-13)9(10)5-3-4-6-9/h7H,2-6,10H2,1H3. The molecule has 72 valence electrons. The fraction of sp³-hybridized carbons (Fsp3) is 0.778. The monoisotopic (exact) mass is 180 g/mol. The zero-order chi connectivity index (χ0) is 9.31. The van der Waals surface area contributed by atoms with Gasteiger partial charge >= 0.3 is 0 Å². The molecule has 1 fully saturated rings. The summed E-state index contributed by atoms with van der Waals surface area (Å²) >= 11 is 0. The molecule has 1 saturated carbocycles. The number of aromatic nitrogens is 3. The molecule has 0 saturated heterocycles. The van der Waals surface area contributed by atoms with Crippen LogP contribution in [-0.2, 0) is 12.1 Å². The molecular formula is C9H16N4. The highest BCUT2D eigenvalue weighted by molar-refractivity contribution is 5.12. The van der Waals surface area contributed by atoms with Crippen molar-refractivity contribution in [1.82, 2.24) is 15.0 Å². The van der Waals surface area contributed by atoms with Crippen molar-refractivity contribution in [3.8, 4) is 0 Å². The van der Waals surface area contributed by atoms with Crippen LogP contribution in [-0.4, -0.2) is 15.0 Å². The van der Waals surface area contributed by atoms with Gasteiger partial charge < -0.3 is 5.73 Å². The smallest absolute Gasteiger partial charge is 0.0785 e. The minimum atomic E-state index is -0.153. The summed E-state index contributed by atoms with van der Waals surface area (Å²) in [6.45, 7) is 2.92. The van der Waals surface area contributed by atoms with E-state index in [9.17, 15) is 0 Å². The first-order valence-electron chi connectivity index (χ1n) is 4.94. The van der Waals surface area contributed by atoms with E-state index >= 15 is 0 Å². The van der Waals surface area contributed by atoms with Crippen LogP contribution in [0.4, 0.5) is 0 Å². The van der Waals surface area contributed by atoms with Gasteiger partial charge in [0.1, 0.15) is 0 Å². The van der Waals surface area contributed by atoms with Crippen LogP contribution >= 0.6 is 0 Å². The molecule has 1 heterocycles. The summed E-state index contributed by atoms with van der Waals surface area (Å²) in [4.78, 5) is 0. The second-order valence-corrected chi connectivity index (χ2v) is 3.80. The van der Waals surface area contributed by atoms with E-state index in [2.05, 4.69) is 17.2 Å². The number of rotatable bonds is 2. The van der Waals surface area contributed by atoms with Gasteiger partial charge in [0.15, 0.2) is 0 Å². The first kappa shape index (κ1) is 8.69. The number of nitrogens with two attached hydrogens (primary N) is 1. The second kappa shape index (κ2) is 3.10. The lowest BCUT2D eigenvalue weighted by Gasteiger charge is -2.23. The summed E-state index contributed by atoms with van der Waals surface area (Å²) in [5, 5.41) is 7.93. The van der Waals surface area contributed by atoms with Crippen LogP contribution in [0, 0.1) is 0 Å². The van der Waals surface area contributed by atoms with Crippen molar-refractivity contribution < 1.29 is 0 Å². The summed E-state index contributed by atoms with van der Waals surface area (Å²) in [7, 11) is 0. The molecule has 0 atom stereocenters. The van der Waals surface area contributed by atoms with Crippen molar-refractivity contribution in [2.24, 2.45) is 5.73 Å². The molecule has 0 spiro atoms. The van der Waals surface area contributed by atoms with Gasteiger partial charge in [0.25, 0.3) is 0 Å². The molecule has 1 aliphatic rings. The Kier molecular flexibility index (Phi) is 2.07. The topological polar surface area (TPSA) is 56.7 Å². The van der Waals surface area contributed by atoms with Gasteiger partial charge in [0, 0.05) is 6.54 Å². The van der Waals surface area contributed by atoms with Crippen LogP contribution in [0.5, 0.6) is 0 Å². The summed E-state index contributed by atoms with van der Waals surface area (Å²) in [5.74, 6) is 0. The van der Waals surface area contributed by atoms with Gasteiger partial charge in [0.05, 0.1) is 17.4 Å². The summed E-state index contributed by atoms with van der Waals surface area (Å²) < 4.78 is 1.91. The first-order chi connectivity index (χ1) is 6.26. The highest BCUT2D eigenvalue weighted by Gasteiger charge is 2.34. The number of nitrogens with zero attached hydrogens (tertiary/aromatic N) is 3. The van der Waals surface area contributed by atoms with E-state index in [0.29, 0.717) is 0 Å². The Bertz CT molecular complexity index is 286. The zero-order valence-corrected chi connectivity index (χ0v) is 8.03. The molecule has 0 aromatic carbocycles. The Morgan fingerprint density at radius 1 is 1.54 bits per heavy atom. The van der Waals surface area contributed by atoms with Crippen LogP contribution < -0.4 is 5.73 Å². The largest absolute Gasteiger partial charge is 0.320 e. The predicted octanol–water partition coefficient (Wildman–Crippen LogP) is 1.03. The van der Waals surface area contributed by atoms with Crippen molar-refractivity contribution in [2.75, 3.05) is 0 Å². The van der Waals surface area contributed by atoms with E-state index in [-0.39, 0.29) is 5.54 Å². The van der Waals surface area contributed by atoms with E-state index in [1.807, 2.05) is 10.9 Å². The van der Waals surface area contributed by atoms with Crippen LogP contribution in [0.2, 0.25) is 0 Å². The SMILES string of the molecule is CCn1nncc1C1(N)CCCC1. The van der Waals surface area contributed by atoms with E-state index in [1.54, 1.807) is 0 Å². The average Bonchev–Trinajstić information content (AvgIpc) is 2.72. The van der Waals surface area contributed by atoms with Gasteiger partial charge in [-0.3, -0.25) is 0 Å². The molecule has 0 radical (unpaired) electrons. The van der Waals surface area contributed by atoms with Gasteiger partial charge in [0.2, 0.25) is 0 Å². The van der Waals surface area contributed by atoms with Crippen LogP contribution in [0.1, 0.15) is 38.3 Å². The van der Waals surface area contributed by atoms with E-state index in [0.717, 1.165) is 25.1 Å². The van der Waals surface area contributed by atoms with E-state index in [1.165, 1.54) is 12.8 Å². The molecule has 0 aliphatic heterocycles. The maximum atomic E-state index is 6.30. The summed E-state index contributed by atoms with van der Waals surface area (Å²) in [5.41, 5.74) is 7.25. The lowest BCUT2D eigenvalue weighted by Crippen LogP contribution is -2.35. The normalized spacial score (nSPS) is 20.8. The van der Waals surface area contributed by atoms with Gasteiger partial charge in [-0.25, -0.2) is 4.68 Å². The minimum Gasteiger partial charge on any atom is -0.320 e. The quantitative estimate of drug-likeness (QED) is 0.739. The Balaban J connectivity index is 2.32. The Hall–Kier alpha value is -0.900. The Morgan fingerprint density at radius 3 is 2.85 bits per heavy atom. The van der Waals surface area contributed by atoms with Crippen molar-refractivity contribution in [2.45, 2.75) is 44.7 Å². The van der Waals surface area contributed by atoms with Gasteiger partial charge in [-0.15, -0.1) is 5.10 Å². The van der Waals surface area contributed by atoms with E-state index < -0.39 is 0 Å². The third-order valence-electron chi connectivity index (χ3n) is 2.92. The fourth-order valence-electron chi connectivity index (χ4n) is 2.14. The van der Waals surface area contributed by atoms with Crippen molar-refractivity contribution in [1.29, 1.82) is 0 Å². The summed E-state index contributed by atoms with van der Waals surface area (Å²) in [6, 6.07) is 0. The lowest BCUT2D eigenvalue weighted by molar-refractivity contribution is 0.411. The maximum absolute atomic E-state index is 6.30. The molecule has 4 nitrogen and oxygen atoms in total. The van der Waals surface area contributed by atoms with Gasteiger partial charge in [-0.2, -0.15) is 0 Å². The molecule has 4 heteroatoms. The van der Waals surface area contributed by atoms with E-state index in [4.69, 9.17) is 5.73 Å². The van der Waals surface area contributed by atoms with Crippen LogP contribution in [0.15, 0.2) is 6.20 Å². The number of hydrogen-bond acceptors (Lipinski definition) is 3. The number of aryl methyl sites for hydroxylation is 1. The molecule has 2 rings (SSSR count). The molecule has 1 aromatic rings. The fourth-order valence-corrected chi connectivity index (χ4v) is 2.14. The second-order valence-electron chi connectivity index (χ2n) is 3.80. The van der Waals surface area contributed by atoms with Crippen molar-refractivity contribution in [3.63, 3.8) is 0 Å². The molecule has 1 aromatic heterocycles. The van der Waals surface area contributed by atoms with Gasteiger partial charge in [-0.05, 0) is 19.8 Å². The maximum Gasteiger partial charge on any atom is 0.0785 e. The van der Waals surface area contributed by atoms with Crippen LogP contribution in [0.25, 0.3) is 0 Å². The number of hydrogen-bond donors (Lipinski definition) is 1. The first-order valence-corrected chi connectivity index (χ1v) is 4.94. The van der Waals surface area contributed by atoms with Crippen LogP contribution in [0.3, 0.4) is 0 Å². The molecule has 0 bridgehead atoms. The van der Waals surface area contributed by atoms with Gasteiger partial charge in [-0.1, -0.05) is 18.1 Å². The molecule has 0 amide bonds. The zero-order valence-electron chi connectivity index (χ0n) is 8.03. The van der Waals surface area contributed by atoms with Crippen molar-refractivity contribution >= 4 is 0 Å². The van der Waals surface area contributed by atoms with Crippen molar-refractivity contribution in [3.05, 3.63) is 11.9 Å². The third kappa shape index (κ3) is 1.35. The highest BCUT2D eigenvalue weighted by atomic mass is 15.4. The lowest BCUT2D eigenvalue weighted by atomic mass is 9.95. The molecule has 13 heavy (non-hydrogen) atoms. The molecular weight excluding hydrogens is 164 g/mol. The Labute approximate surface area is 78.1 Å². The summed E-state index contributed by atoms with van der Waals surface area (Å²) in [6.07, 6.45) is 6.41. The minimum absolute atomic E-state index is 0.153. The third-order valence-corrected chi connectivity index (χ3v) is 2.92. The molecule has 1 aliphatic carbocycles. The Morgan fingerprint density at radius 2 is 2.23 bits per heavy atom. The highest BCUT2D eigenvalue weighted by Crippen LogP contribution is 2.35. The average molecular weight is 180 g/mol. The molecule has 0 unspecified atom stereocenters. The molecule has 2 N–H and O–H groups in total. The predicted molar refractivity (Wildman–Crippen MR) is 50.0 cm³/mol.